The zero-order valence-electron chi connectivity index (χ0n) is 14.9. The number of halogens is 1. The van der Waals surface area contributed by atoms with Crippen LogP contribution in [0.25, 0.3) is 10.9 Å². The molecule has 0 radical (unpaired) electrons. The number of aromatic nitrogens is 1. The Labute approximate surface area is 161 Å². The van der Waals surface area contributed by atoms with Gasteiger partial charge >= 0.3 is 5.97 Å². The molecule has 1 heterocycles. The van der Waals surface area contributed by atoms with Crippen LogP contribution < -0.4 is 10.1 Å². The smallest absolute Gasteiger partial charge is 0.311 e. The first-order chi connectivity index (χ1) is 13.0. The van der Waals surface area contributed by atoms with Crippen LogP contribution >= 0.6 is 11.6 Å². The van der Waals surface area contributed by atoms with Gasteiger partial charge in [0.15, 0.2) is 6.10 Å². The first-order valence-electron chi connectivity index (χ1n) is 8.37. The quantitative estimate of drug-likeness (QED) is 0.629. The van der Waals surface area contributed by atoms with Crippen LogP contribution in [0.5, 0.6) is 5.75 Å². The van der Waals surface area contributed by atoms with Gasteiger partial charge in [-0.25, -0.2) is 0 Å². The van der Waals surface area contributed by atoms with E-state index in [9.17, 15) is 9.59 Å². The average Bonchev–Trinajstić information content (AvgIpc) is 3.05. The topological polar surface area (TPSA) is 80.4 Å². The summed E-state index contributed by atoms with van der Waals surface area (Å²) in [4.78, 5) is 27.7. The number of fused-ring (bicyclic) bond motifs is 1. The zero-order valence-corrected chi connectivity index (χ0v) is 15.7. The summed E-state index contributed by atoms with van der Waals surface area (Å²) in [6, 6.07) is 12.5. The van der Waals surface area contributed by atoms with Crippen molar-refractivity contribution in [2.24, 2.45) is 0 Å². The minimum Gasteiger partial charge on any atom is -0.495 e. The minimum atomic E-state index is -0.966. The number of carbonyl (C=O) groups excluding carboxylic acids is 2. The van der Waals surface area contributed by atoms with E-state index in [0.29, 0.717) is 16.5 Å². The Morgan fingerprint density at radius 1 is 1.22 bits per heavy atom. The Kier molecular flexibility index (Phi) is 5.66. The first-order valence-corrected chi connectivity index (χ1v) is 8.74. The number of anilines is 1. The molecule has 2 N–H and O–H groups in total. The highest BCUT2D eigenvalue weighted by Crippen LogP contribution is 2.28. The summed E-state index contributed by atoms with van der Waals surface area (Å²) in [7, 11) is 1.49. The number of benzene rings is 2. The van der Waals surface area contributed by atoms with Gasteiger partial charge in [0, 0.05) is 22.1 Å². The number of nitrogens with one attached hydrogen (secondary N) is 2. The molecule has 7 heteroatoms. The zero-order chi connectivity index (χ0) is 19.4. The summed E-state index contributed by atoms with van der Waals surface area (Å²) in [5.41, 5.74) is 2.17. The van der Waals surface area contributed by atoms with E-state index in [4.69, 9.17) is 21.1 Å². The van der Waals surface area contributed by atoms with Gasteiger partial charge < -0.3 is 19.8 Å². The molecule has 1 aromatic heterocycles. The molecular weight excluding hydrogens is 368 g/mol. The van der Waals surface area contributed by atoms with Crippen LogP contribution in [-0.2, 0) is 20.7 Å². The Hall–Kier alpha value is -2.99. The molecule has 0 saturated heterocycles. The molecule has 0 bridgehead atoms. The molecule has 2 aromatic carbocycles. The van der Waals surface area contributed by atoms with Gasteiger partial charge in [0.25, 0.3) is 5.91 Å². The highest BCUT2D eigenvalue weighted by molar-refractivity contribution is 6.31. The number of aromatic amines is 1. The maximum Gasteiger partial charge on any atom is 0.311 e. The third-order valence-electron chi connectivity index (χ3n) is 4.11. The second-order valence-corrected chi connectivity index (χ2v) is 6.44. The molecule has 0 spiro atoms. The molecule has 3 aromatic rings. The lowest BCUT2D eigenvalue weighted by atomic mass is 10.1. The molecule has 0 saturated carbocycles. The minimum absolute atomic E-state index is 0.0715. The van der Waals surface area contributed by atoms with E-state index in [1.54, 1.807) is 24.4 Å². The Balaban J connectivity index is 1.62. The molecule has 27 heavy (non-hydrogen) atoms. The normalized spacial score (nSPS) is 11.8. The maximum absolute atomic E-state index is 12.3. The van der Waals surface area contributed by atoms with E-state index in [1.165, 1.54) is 14.0 Å². The third-order valence-corrected chi connectivity index (χ3v) is 4.34. The Morgan fingerprint density at radius 2 is 2.00 bits per heavy atom. The number of H-pyrrole nitrogens is 1. The summed E-state index contributed by atoms with van der Waals surface area (Å²) >= 11 is 5.95. The molecule has 1 unspecified atom stereocenters. The van der Waals surface area contributed by atoms with Crippen molar-refractivity contribution in [1.82, 2.24) is 4.98 Å². The predicted molar refractivity (Wildman–Crippen MR) is 104 cm³/mol. The molecule has 6 nitrogen and oxygen atoms in total. The van der Waals surface area contributed by atoms with E-state index in [1.807, 2.05) is 24.3 Å². The summed E-state index contributed by atoms with van der Waals surface area (Å²) in [6.07, 6.45) is 0.877. The van der Waals surface area contributed by atoms with Crippen molar-refractivity contribution < 1.29 is 19.1 Å². The number of para-hydroxylation sites is 1. The van der Waals surface area contributed by atoms with Crippen molar-refractivity contribution in [3.63, 3.8) is 0 Å². The summed E-state index contributed by atoms with van der Waals surface area (Å²) in [5.74, 6) is -0.492. The molecule has 0 aliphatic rings. The van der Waals surface area contributed by atoms with Crippen LogP contribution in [0.3, 0.4) is 0 Å². The molecule has 3 rings (SSSR count). The van der Waals surface area contributed by atoms with Crippen molar-refractivity contribution in [1.29, 1.82) is 0 Å². The number of rotatable bonds is 6. The van der Waals surface area contributed by atoms with E-state index in [-0.39, 0.29) is 6.42 Å². The number of esters is 1. The molecule has 0 aliphatic carbocycles. The van der Waals surface area contributed by atoms with Crippen molar-refractivity contribution >= 4 is 40.1 Å². The van der Waals surface area contributed by atoms with Gasteiger partial charge in [-0.1, -0.05) is 29.8 Å². The number of methoxy groups -OCH3 is 1. The highest BCUT2D eigenvalue weighted by atomic mass is 35.5. The largest absolute Gasteiger partial charge is 0.495 e. The fraction of sp³-hybridized carbons (Fsp3) is 0.200. The monoisotopic (exact) mass is 386 g/mol. The maximum atomic E-state index is 12.3. The molecule has 0 aliphatic heterocycles. The van der Waals surface area contributed by atoms with Crippen LogP contribution in [0, 0.1) is 0 Å². The Morgan fingerprint density at radius 3 is 2.78 bits per heavy atom. The van der Waals surface area contributed by atoms with Crippen LogP contribution in [0.1, 0.15) is 12.5 Å². The molecule has 0 fully saturated rings. The Bertz CT molecular complexity index is 983. The fourth-order valence-corrected chi connectivity index (χ4v) is 2.91. The number of hydrogen-bond acceptors (Lipinski definition) is 4. The SMILES string of the molecule is COc1ccc(Cl)cc1NC(=O)C(C)OC(=O)Cc1c[nH]c2ccccc12. The molecule has 140 valence electrons. The van der Waals surface area contributed by atoms with Gasteiger partial charge in [-0.05, 0) is 36.8 Å². The van der Waals surface area contributed by atoms with Crippen molar-refractivity contribution in [2.75, 3.05) is 12.4 Å². The van der Waals surface area contributed by atoms with Crippen LogP contribution in [-0.4, -0.2) is 30.1 Å². The number of ether oxygens (including phenoxy) is 2. The van der Waals surface area contributed by atoms with Crippen LogP contribution in [0.15, 0.2) is 48.7 Å². The lowest BCUT2D eigenvalue weighted by Crippen LogP contribution is -2.30. The van der Waals surface area contributed by atoms with Gasteiger partial charge in [0.1, 0.15) is 5.75 Å². The first kappa shape index (κ1) is 18.8. The van der Waals surface area contributed by atoms with Gasteiger partial charge in [-0.15, -0.1) is 0 Å². The highest BCUT2D eigenvalue weighted by Gasteiger charge is 2.20. The molecular formula is C20H19ClN2O4. The summed E-state index contributed by atoms with van der Waals surface area (Å²) < 4.78 is 10.5. The summed E-state index contributed by atoms with van der Waals surface area (Å²) in [5, 5.41) is 4.07. The van der Waals surface area contributed by atoms with E-state index in [2.05, 4.69) is 10.3 Å². The van der Waals surface area contributed by atoms with Crippen molar-refractivity contribution in [3.05, 3.63) is 59.2 Å². The van der Waals surface area contributed by atoms with Gasteiger partial charge in [-0.2, -0.15) is 0 Å². The lowest BCUT2D eigenvalue weighted by molar-refractivity contribution is -0.152. The van der Waals surface area contributed by atoms with E-state index >= 15 is 0 Å². The van der Waals surface area contributed by atoms with Gasteiger partial charge in [0.2, 0.25) is 0 Å². The average molecular weight is 387 g/mol. The van der Waals surface area contributed by atoms with Gasteiger partial charge in [0.05, 0.1) is 19.2 Å². The van der Waals surface area contributed by atoms with Crippen LogP contribution in [0.4, 0.5) is 5.69 Å². The van der Waals surface area contributed by atoms with E-state index < -0.39 is 18.0 Å². The van der Waals surface area contributed by atoms with Crippen molar-refractivity contribution in [2.45, 2.75) is 19.4 Å². The predicted octanol–water partition coefficient (Wildman–Crippen LogP) is 3.94. The number of carbonyl (C=O) groups is 2. The number of hydrogen-bond donors (Lipinski definition) is 2. The van der Waals surface area contributed by atoms with Crippen molar-refractivity contribution in [3.8, 4) is 5.75 Å². The summed E-state index contributed by atoms with van der Waals surface area (Å²) in [6.45, 7) is 1.51. The lowest BCUT2D eigenvalue weighted by Gasteiger charge is -2.15. The van der Waals surface area contributed by atoms with Crippen LogP contribution in [0.2, 0.25) is 5.02 Å². The second-order valence-electron chi connectivity index (χ2n) is 6.00. The molecule has 1 amide bonds. The third kappa shape index (κ3) is 4.41. The van der Waals surface area contributed by atoms with Gasteiger partial charge in [-0.3, -0.25) is 9.59 Å². The second kappa shape index (κ2) is 8.14. The standard InChI is InChI=1S/C20H19ClN2O4/c1-12(20(25)23-17-10-14(21)7-8-18(17)26-2)27-19(24)9-13-11-22-16-6-4-3-5-15(13)16/h3-8,10-12,22H,9H2,1-2H3,(H,23,25). The van der Waals surface area contributed by atoms with E-state index in [0.717, 1.165) is 16.5 Å². The number of amides is 1. The fourth-order valence-electron chi connectivity index (χ4n) is 2.74. The molecule has 1 atom stereocenters.